The summed E-state index contributed by atoms with van der Waals surface area (Å²) >= 11 is 0. The molecule has 18 heavy (non-hydrogen) atoms. The monoisotopic (exact) mass is 247 g/mol. The van der Waals surface area contributed by atoms with E-state index in [0.717, 1.165) is 30.2 Å². The first-order chi connectivity index (χ1) is 8.63. The van der Waals surface area contributed by atoms with Gasteiger partial charge >= 0.3 is 0 Å². The van der Waals surface area contributed by atoms with Crippen molar-refractivity contribution in [2.45, 2.75) is 27.2 Å². The number of hydrogen-bond donors (Lipinski definition) is 1. The van der Waals surface area contributed by atoms with E-state index in [-0.39, 0.29) is 5.92 Å². The van der Waals surface area contributed by atoms with E-state index in [2.05, 4.69) is 28.3 Å². The van der Waals surface area contributed by atoms with Crippen LogP contribution in [0.2, 0.25) is 0 Å². The van der Waals surface area contributed by atoms with Crippen molar-refractivity contribution in [3.8, 4) is 6.07 Å². The normalized spacial score (nSPS) is 11.7. The van der Waals surface area contributed by atoms with E-state index in [1.165, 1.54) is 0 Å². The molecule has 5 nitrogen and oxygen atoms in total. The molecular formula is C13H21N5. The van der Waals surface area contributed by atoms with Crippen LogP contribution in [-0.4, -0.2) is 30.1 Å². The minimum absolute atomic E-state index is 0.0164. The highest BCUT2D eigenvalue weighted by Gasteiger charge is 2.14. The summed E-state index contributed by atoms with van der Waals surface area (Å²) in [4.78, 5) is 10.6. The quantitative estimate of drug-likeness (QED) is 0.833. The molecule has 0 radical (unpaired) electrons. The fourth-order valence-corrected chi connectivity index (χ4v) is 1.92. The van der Waals surface area contributed by atoms with Crippen LogP contribution < -0.4 is 10.2 Å². The second-order valence-electron chi connectivity index (χ2n) is 4.32. The maximum Gasteiger partial charge on any atom is 0.137 e. The highest BCUT2D eigenvalue weighted by molar-refractivity contribution is 5.58. The molecule has 1 aromatic heterocycles. The largest absolute Gasteiger partial charge is 0.370 e. The molecule has 0 aromatic carbocycles. The summed E-state index contributed by atoms with van der Waals surface area (Å²) in [7, 11) is 1.96. The number of nitrogens with zero attached hydrogens (tertiary/aromatic N) is 4. The van der Waals surface area contributed by atoms with Gasteiger partial charge in [-0.15, -0.1) is 0 Å². The van der Waals surface area contributed by atoms with Crippen LogP contribution in [0.3, 0.4) is 0 Å². The van der Waals surface area contributed by atoms with Gasteiger partial charge in [0.15, 0.2) is 0 Å². The lowest BCUT2D eigenvalue weighted by atomic mass is 10.1. The van der Waals surface area contributed by atoms with Crippen molar-refractivity contribution < 1.29 is 0 Å². The summed E-state index contributed by atoms with van der Waals surface area (Å²) in [5, 5.41) is 12.1. The molecule has 0 saturated heterocycles. The maximum absolute atomic E-state index is 8.87. The molecule has 1 N–H and O–H groups in total. The van der Waals surface area contributed by atoms with Crippen molar-refractivity contribution in [1.82, 2.24) is 9.97 Å². The van der Waals surface area contributed by atoms with Crippen LogP contribution >= 0.6 is 0 Å². The third-order valence-corrected chi connectivity index (χ3v) is 2.75. The first kappa shape index (κ1) is 14.2. The molecule has 0 spiro atoms. The molecule has 1 atom stereocenters. The van der Waals surface area contributed by atoms with Gasteiger partial charge in [-0.25, -0.2) is 9.97 Å². The number of aromatic nitrogens is 2. The number of nitrogens with one attached hydrogen (secondary N) is 1. The van der Waals surface area contributed by atoms with E-state index in [0.29, 0.717) is 6.54 Å². The SMILES string of the molecule is CCNc1ncnc(N(C)CC(C)C#N)c1CC. The molecule has 0 aliphatic rings. The predicted octanol–water partition coefficient (Wildman–Crippen LogP) is 2.07. The summed E-state index contributed by atoms with van der Waals surface area (Å²) < 4.78 is 0. The second kappa shape index (κ2) is 6.80. The topological polar surface area (TPSA) is 64.8 Å². The smallest absolute Gasteiger partial charge is 0.137 e. The molecule has 0 aliphatic heterocycles. The van der Waals surface area contributed by atoms with Crippen molar-refractivity contribution in [1.29, 1.82) is 5.26 Å². The first-order valence-corrected chi connectivity index (χ1v) is 6.32. The Bertz CT molecular complexity index is 424. The highest BCUT2D eigenvalue weighted by Crippen LogP contribution is 2.23. The lowest BCUT2D eigenvalue weighted by molar-refractivity contribution is 0.706. The number of hydrogen-bond acceptors (Lipinski definition) is 5. The summed E-state index contributed by atoms with van der Waals surface area (Å²) in [6.07, 6.45) is 2.43. The van der Waals surface area contributed by atoms with E-state index >= 15 is 0 Å². The van der Waals surface area contributed by atoms with Gasteiger partial charge in [-0.3, -0.25) is 0 Å². The van der Waals surface area contributed by atoms with Crippen molar-refractivity contribution in [3.05, 3.63) is 11.9 Å². The zero-order valence-electron chi connectivity index (χ0n) is 11.6. The van der Waals surface area contributed by atoms with Crippen LogP contribution in [0, 0.1) is 17.2 Å². The Morgan fingerprint density at radius 1 is 1.44 bits per heavy atom. The third kappa shape index (κ3) is 3.33. The van der Waals surface area contributed by atoms with E-state index in [9.17, 15) is 0 Å². The number of rotatable bonds is 6. The molecule has 5 heteroatoms. The van der Waals surface area contributed by atoms with Gasteiger partial charge in [0.25, 0.3) is 0 Å². The van der Waals surface area contributed by atoms with Gasteiger partial charge in [0.1, 0.15) is 18.0 Å². The molecule has 1 heterocycles. The van der Waals surface area contributed by atoms with Gasteiger partial charge in [-0.2, -0.15) is 5.26 Å². The van der Waals surface area contributed by atoms with Gasteiger partial charge in [-0.05, 0) is 20.3 Å². The molecule has 0 fully saturated rings. The van der Waals surface area contributed by atoms with Gasteiger partial charge in [0.05, 0.1) is 12.0 Å². The van der Waals surface area contributed by atoms with Crippen LogP contribution in [0.4, 0.5) is 11.6 Å². The van der Waals surface area contributed by atoms with Crippen LogP contribution in [0.1, 0.15) is 26.3 Å². The lowest BCUT2D eigenvalue weighted by Crippen LogP contribution is -2.26. The Balaban J connectivity index is 3.00. The van der Waals surface area contributed by atoms with E-state index < -0.39 is 0 Å². The molecule has 98 valence electrons. The Kier molecular flexibility index (Phi) is 5.37. The van der Waals surface area contributed by atoms with Gasteiger partial charge in [-0.1, -0.05) is 6.92 Å². The van der Waals surface area contributed by atoms with Crippen molar-refractivity contribution >= 4 is 11.6 Å². The minimum Gasteiger partial charge on any atom is -0.370 e. The molecule has 0 saturated carbocycles. The Morgan fingerprint density at radius 3 is 2.72 bits per heavy atom. The van der Waals surface area contributed by atoms with E-state index in [1.54, 1.807) is 6.33 Å². The lowest BCUT2D eigenvalue weighted by Gasteiger charge is -2.23. The summed E-state index contributed by atoms with van der Waals surface area (Å²) in [6, 6.07) is 2.24. The van der Waals surface area contributed by atoms with Gasteiger partial charge in [0, 0.05) is 25.7 Å². The van der Waals surface area contributed by atoms with Crippen LogP contribution in [0.5, 0.6) is 0 Å². The molecule has 1 unspecified atom stereocenters. The zero-order chi connectivity index (χ0) is 13.5. The van der Waals surface area contributed by atoms with Crippen LogP contribution in [0.25, 0.3) is 0 Å². The fourth-order valence-electron chi connectivity index (χ4n) is 1.92. The molecule has 1 rings (SSSR count). The highest BCUT2D eigenvalue weighted by atomic mass is 15.2. The summed E-state index contributed by atoms with van der Waals surface area (Å²) in [5.74, 6) is 1.78. The Labute approximate surface area is 109 Å². The Hall–Kier alpha value is -1.83. The standard InChI is InChI=1S/C13H21N5/c1-5-11-12(15-6-2)16-9-17-13(11)18(4)8-10(3)7-14/h9-10H,5-6,8H2,1-4H3,(H,15,16,17). The molecular weight excluding hydrogens is 226 g/mol. The molecule has 0 aliphatic carbocycles. The molecule has 1 aromatic rings. The van der Waals surface area contributed by atoms with Crippen LogP contribution in [-0.2, 0) is 6.42 Å². The first-order valence-electron chi connectivity index (χ1n) is 6.32. The van der Waals surface area contributed by atoms with Crippen molar-refractivity contribution in [2.24, 2.45) is 5.92 Å². The van der Waals surface area contributed by atoms with Gasteiger partial charge < -0.3 is 10.2 Å². The zero-order valence-corrected chi connectivity index (χ0v) is 11.6. The third-order valence-electron chi connectivity index (χ3n) is 2.75. The van der Waals surface area contributed by atoms with Gasteiger partial charge in [0.2, 0.25) is 0 Å². The summed E-state index contributed by atoms with van der Waals surface area (Å²) in [5.41, 5.74) is 1.10. The van der Waals surface area contributed by atoms with E-state index in [1.807, 2.05) is 25.8 Å². The maximum atomic E-state index is 8.87. The van der Waals surface area contributed by atoms with Crippen LogP contribution in [0.15, 0.2) is 6.33 Å². The Morgan fingerprint density at radius 2 is 2.17 bits per heavy atom. The molecule has 0 bridgehead atoms. The average molecular weight is 247 g/mol. The predicted molar refractivity (Wildman–Crippen MR) is 73.6 cm³/mol. The van der Waals surface area contributed by atoms with Crippen molar-refractivity contribution in [3.63, 3.8) is 0 Å². The fraction of sp³-hybridized carbons (Fsp3) is 0.615. The average Bonchev–Trinajstić information content (AvgIpc) is 2.38. The number of nitriles is 1. The summed E-state index contributed by atoms with van der Waals surface area (Å²) in [6.45, 7) is 7.55. The minimum atomic E-state index is -0.0164. The molecule has 0 amide bonds. The second-order valence-corrected chi connectivity index (χ2v) is 4.32. The van der Waals surface area contributed by atoms with Crippen molar-refractivity contribution in [2.75, 3.05) is 30.4 Å². The van der Waals surface area contributed by atoms with E-state index in [4.69, 9.17) is 5.26 Å². The number of anilines is 2.